The second-order valence-corrected chi connectivity index (χ2v) is 17.5. The van der Waals surface area contributed by atoms with Crippen LogP contribution in [-0.2, 0) is 26.2 Å². The minimum Gasteiger partial charge on any atom is -0.496 e. The van der Waals surface area contributed by atoms with E-state index in [9.17, 15) is 24.9 Å². The maximum Gasteiger partial charge on any atom is 0.315 e. The summed E-state index contributed by atoms with van der Waals surface area (Å²) in [7, 11) is 4.94. The number of ether oxygens (including phenoxy) is 2. The fraction of sp³-hybridized carbons (Fsp3) is 0.581. The van der Waals surface area contributed by atoms with Crippen LogP contribution in [0.2, 0.25) is 0 Å². The van der Waals surface area contributed by atoms with Gasteiger partial charge in [-0.2, -0.15) is 0 Å². The molecule has 1 spiro atoms. The third kappa shape index (κ3) is 4.75. The maximum absolute atomic E-state index is 14.6. The number of nitrogens with zero attached hydrogens (tertiary/aromatic N) is 3. The van der Waals surface area contributed by atoms with Gasteiger partial charge < -0.3 is 34.7 Å². The molecule has 1 aromatic heterocycles. The normalized spacial score (nSPS) is 38.4. The number of amides is 1. The summed E-state index contributed by atoms with van der Waals surface area (Å²) >= 11 is 0. The molecular formula is C43H56N6O7. The van der Waals surface area contributed by atoms with Crippen molar-refractivity contribution >= 4 is 28.5 Å². The predicted molar refractivity (Wildman–Crippen MR) is 211 cm³/mol. The second-order valence-electron chi connectivity index (χ2n) is 17.5. The Balaban J connectivity index is 1.33. The number of H-pyrrole nitrogens is 1. The van der Waals surface area contributed by atoms with Crippen LogP contribution in [0.25, 0.3) is 10.9 Å². The zero-order valence-electron chi connectivity index (χ0n) is 33.0. The number of benzene rings is 2. The fourth-order valence-corrected chi connectivity index (χ4v) is 13.1. The SMILES string of the molecule is CC[C@]1(O)C[C@@H]2CN(CCc3c([nH]c4ccccc34)[C@@H](C(=O)OC)[C@@H]2c2cc3c(cc2OC)N(C)[C@H]2[C@@](O)(C(=O)NN)[C@H](O)[C@]4(CC)C=CCN5CC[C@]32[C@@H]54)C1. The highest BCUT2D eigenvalue weighted by Crippen LogP contribution is 2.67. The molecule has 13 heteroatoms. The van der Waals surface area contributed by atoms with E-state index in [1.165, 1.54) is 7.11 Å². The Kier molecular flexibility index (Phi) is 8.74. The third-order valence-electron chi connectivity index (χ3n) is 15.3. The van der Waals surface area contributed by atoms with Crippen molar-refractivity contribution in [3.05, 3.63) is 70.9 Å². The van der Waals surface area contributed by atoms with Crippen LogP contribution in [0.5, 0.6) is 5.75 Å². The maximum atomic E-state index is 14.6. The van der Waals surface area contributed by atoms with Crippen molar-refractivity contribution in [1.82, 2.24) is 20.2 Å². The number of esters is 1. The number of hydrazine groups is 1. The van der Waals surface area contributed by atoms with Gasteiger partial charge in [0.25, 0.3) is 5.91 Å². The molecule has 1 aliphatic carbocycles. The van der Waals surface area contributed by atoms with Crippen molar-refractivity contribution in [1.29, 1.82) is 0 Å². The van der Waals surface area contributed by atoms with Crippen molar-refractivity contribution in [2.75, 3.05) is 58.9 Å². The molecule has 11 atom stereocenters. The van der Waals surface area contributed by atoms with Crippen LogP contribution in [-0.4, -0.2) is 125 Å². The van der Waals surface area contributed by atoms with Gasteiger partial charge in [0.15, 0.2) is 5.60 Å². The summed E-state index contributed by atoms with van der Waals surface area (Å²) < 4.78 is 12.0. The number of aromatic nitrogens is 1. The molecule has 1 amide bonds. The zero-order chi connectivity index (χ0) is 39.5. The van der Waals surface area contributed by atoms with Crippen molar-refractivity contribution in [2.24, 2.45) is 17.2 Å². The summed E-state index contributed by atoms with van der Waals surface area (Å²) in [5.74, 6) is 3.73. The molecule has 6 aliphatic rings. The van der Waals surface area contributed by atoms with Crippen LogP contribution in [0.3, 0.4) is 0 Å². The molecule has 9 rings (SSSR count). The standard InChI is InChI=1S/C43H56N6O7/c1-6-40(53)21-24-22-48(23-40)17-13-26-25-11-8-9-12-29(25)45-34(26)33(35(50)56-5)32(24)27-19-28-30(20-31(27)55-4)47(3)37-42(28)15-18-49-16-10-14-41(7-2,36(42)49)38(51)43(37,54)39(52)46-44/h8-12,14,19-20,24,32-33,36-38,45,51,53-54H,6-7,13,15-18,21-23,44H2,1-5H3,(H,46,52)/t24-,32+,33+,36+,37-,38-,40+,41-,42-,43+/m1/s1. The molecule has 3 fully saturated rings. The molecule has 1 saturated carbocycles. The number of likely N-dealkylation sites (N-methyl/N-ethyl adjacent to an activating group) is 1. The number of nitrogens with one attached hydrogen (secondary N) is 2. The van der Waals surface area contributed by atoms with E-state index < -0.39 is 51.9 Å². The predicted octanol–water partition coefficient (Wildman–Crippen LogP) is 2.43. The molecule has 1 unspecified atom stereocenters. The zero-order valence-corrected chi connectivity index (χ0v) is 33.0. The van der Waals surface area contributed by atoms with E-state index >= 15 is 0 Å². The van der Waals surface area contributed by atoms with E-state index in [1.807, 2.05) is 62.2 Å². The monoisotopic (exact) mass is 768 g/mol. The van der Waals surface area contributed by atoms with Crippen LogP contribution in [0, 0.1) is 11.3 Å². The van der Waals surface area contributed by atoms with E-state index in [4.69, 9.17) is 15.3 Å². The van der Waals surface area contributed by atoms with Crippen LogP contribution < -0.4 is 20.9 Å². The molecule has 7 N–H and O–H groups in total. The summed E-state index contributed by atoms with van der Waals surface area (Å²) in [4.78, 5) is 39.0. The number of aliphatic hydroxyl groups excluding tert-OH is 1. The van der Waals surface area contributed by atoms with E-state index in [2.05, 4.69) is 32.3 Å². The van der Waals surface area contributed by atoms with Crippen LogP contribution >= 0.6 is 0 Å². The number of carbonyl (C=O) groups excluding carboxylic acids is 2. The van der Waals surface area contributed by atoms with Gasteiger partial charge in [0, 0.05) is 84.4 Å². The van der Waals surface area contributed by atoms with E-state index in [1.54, 1.807) is 7.11 Å². The average Bonchev–Trinajstić information content (AvgIpc) is 3.87. The molecule has 13 nitrogen and oxygen atoms in total. The Morgan fingerprint density at radius 3 is 2.59 bits per heavy atom. The summed E-state index contributed by atoms with van der Waals surface area (Å²) in [5.41, 5.74) is 2.54. The van der Waals surface area contributed by atoms with Gasteiger partial charge in [-0.05, 0) is 73.4 Å². The Bertz CT molecular complexity index is 2120. The highest BCUT2D eigenvalue weighted by atomic mass is 16.5. The van der Waals surface area contributed by atoms with E-state index in [0.717, 1.165) is 45.5 Å². The van der Waals surface area contributed by atoms with Crippen molar-refractivity contribution in [2.45, 2.75) is 92.6 Å². The molecule has 2 aromatic carbocycles. The number of anilines is 1. The van der Waals surface area contributed by atoms with Gasteiger partial charge in [-0.25, -0.2) is 5.84 Å². The number of hydrogen-bond donors (Lipinski definition) is 6. The van der Waals surface area contributed by atoms with Gasteiger partial charge in [0.1, 0.15) is 17.8 Å². The first-order chi connectivity index (χ1) is 26.9. The lowest BCUT2D eigenvalue weighted by molar-refractivity contribution is -0.203. The van der Waals surface area contributed by atoms with Crippen molar-refractivity contribution in [3.63, 3.8) is 0 Å². The molecule has 300 valence electrons. The first-order valence-corrected chi connectivity index (χ1v) is 20.3. The third-order valence-corrected chi connectivity index (χ3v) is 15.3. The number of methoxy groups -OCH3 is 2. The minimum atomic E-state index is -2.28. The fourth-order valence-electron chi connectivity index (χ4n) is 13.1. The van der Waals surface area contributed by atoms with Crippen LogP contribution in [0.15, 0.2) is 48.6 Å². The quantitative estimate of drug-likeness (QED) is 0.0715. The largest absolute Gasteiger partial charge is 0.496 e. The second kappa shape index (κ2) is 13.0. The first-order valence-electron chi connectivity index (χ1n) is 20.3. The minimum absolute atomic E-state index is 0.185. The number of para-hydroxylation sites is 1. The van der Waals surface area contributed by atoms with Crippen molar-refractivity contribution in [3.8, 4) is 5.75 Å². The Morgan fingerprint density at radius 2 is 1.88 bits per heavy atom. The molecule has 5 aliphatic heterocycles. The molecular weight excluding hydrogens is 713 g/mol. The lowest BCUT2D eigenvalue weighted by atomic mass is 9.47. The molecule has 2 saturated heterocycles. The number of carbonyl (C=O) groups is 2. The lowest BCUT2D eigenvalue weighted by Crippen LogP contribution is -2.82. The Morgan fingerprint density at radius 1 is 1.09 bits per heavy atom. The number of aliphatic hydroxyl groups is 3. The Hall–Kier alpha value is -3.98. The van der Waals surface area contributed by atoms with Gasteiger partial charge in [-0.1, -0.05) is 44.2 Å². The van der Waals surface area contributed by atoms with E-state index in [0.29, 0.717) is 64.0 Å². The molecule has 0 radical (unpaired) electrons. The van der Waals surface area contributed by atoms with Gasteiger partial charge in [0.05, 0.1) is 25.9 Å². The van der Waals surface area contributed by atoms with Gasteiger partial charge >= 0.3 is 5.97 Å². The summed E-state index contributed by atoms with van der Waals surface area (Å²) in [6, 6.07) is 11.2. The highest BCUT2D eigenvalue weighted by molar-refractivity contribution is 5.91. The molecule has 2 bridgehead atoms. The molecule has 3 aromatic rings. The topological polar surface area (TPSA) is 177 Å². The van der Waals surface area contributed by atoms with Gasteiger partial charge in [-0.15, -0.1) is 0 Å². The first kappa shape index (κ1) is 37.6. The van der Waals surface area contributed by atoms with Gasteiger partial charge in [0.2, 0.25) is 0 Å². The number of aromatic amines is 1. The number of piperidine rings is 1. The summed E-state index contributed by atoms with van der Waals surface area (Å²) in [6.45, 7) is 7.33. The number of hydrogen-bond acceptors (Lipinski definition) is 11. The number of rotatable bonds is 6. The lowest BCUT2D eigenvalue weighted by Gasteiger charge is -2.63. The van der Waals surface area contributed by atoms with Crippen LogP contribution in [0.1, 0.15) is 73.8 Å². The molecule has 6 heterocycles. The van der Waals surface area contributed by atoms with E-state index in [-0.39, 0.29) is 17.9 Å². The Labute approximate surface area is 327 Å². The summed E-state index contributed by atoms with van der Waals surface area (Å²) in [5, 5.41) is 38.5. The number of nitrogens with two attached hydrogens (primary N) is 1. The highest BCUT2D eigenvalue weighted by Gasteiger charge is 2.78. The average molecular weight is 769 g/mol. The van der Waals surface area contributed by atoms with Crippen LogP contribution in [0.4, 0.5) is 5.69 Å². The summed E-state index contributed by atoms with van der Waals surface area (Å²) in [6.07, 6.45) is 5.43. The smallest absolute Gasteiger partial charge is 0.315 e. The molecule has 56 heavy (non-hydrogen) atoms. The number of fused-ring (bicyclic) bond motifs is 6. The van der Waals surface area contributed by atoms with Gasteiger partial charge in [-0.3, -0.25) is 24.8 Å². The van der Waals surface area contributed by atoms with Crippen molar-refractivity contribution < 1.29 is 34.4 Å².